The molecule has 0 aromatic rings. The van der Waals surface area contributed by atoms with Gasteiger partial charge in [0.1, 0.15) is 5.78 Å². The molecule has 5 heteroatoms. The van der Waals surface area contributed by atoms with Crippen molar-refractivity contribution in [2.45, 2.75) is 110 Å². The Morgan fingerprint density at radius 3 is 2.39 bits per heavy atom. The molecule has 0 saturated heterocycles. The molecule has 0 spiro atoms. The first kappa shape index (κ1) is 24.8. The smallest absolute Gasteiger partial charge is 0.306 e. The summed E-state index contributed by atoms with van der Waals surface area (Å²) in [4.78, 5) is 23.5. The lowest BCUT2D eigenvalue weighted by molar-refractivity contribution is -0.147. The molecule has 4 atom stereocenters. The zero-order valence-corrected chi connectivity index (χ0v) is 17.9. The molecule has 5 nitrogen and oxygen atoms in total. The summed E-state index contributed by atoms with van der Waals surface area (Å²) >= 11 is 0. The lowest BCUT2D eigenvalue weighted by Gasteiger charge is -2.22. The summed E-state index contributed by atoms with van der Waals surface area (Å²) in [5.41, 5.74) is 0. The number of ether oxygens (including phenoxy) is 1. The Bertz CT molecular complexity index is 485. The minimum absolute atomic E-state index is 0.000554. The third-order valence-corrected chi connectivity index (χ3v) is 5.53. The van der Waals surface area contributed by atoms with E-state index in [0.717, 1.165) is 32.1 Å². The van der Waals surface area contributed by atoms with E-state index < -0.39 is 12.2 Å². The molecule has 0 aliphatic heterocycles. The standard InChI is InChI=1S/C23H40O5/c1-4-5-8-11-18(24)14-15-20-19(21(25)16-22(20)26)12-9-6-7-10-13-23(27)28-17(2)3/h6,9,17,19-22,25-26H,4-5,7-8,10-16H2,1-3H3/b9-6-/t19-,20-,21+,22-/m1/s1. The van der Waals surface area contributed by atoms with Crippen LogP contribution < -0.4 is 0 Å². The number of carbonyl (C=O) groups excluding carboxylic acids is 2. The first-order valence-electron chi connectivity index (χ1n) is 11.1. The molecule has 0 unspecified atom stereocenters. The van der Waals surface area contributed by atoms with E-state index in [1.807, 2.05) is 26.0 Å². The van der Waals surface area contributed by atoms with Crippen LogP contribution in [0.5, 0.6) is 0 Å². The predicted octanol–water partition coefficient (Wildman–Crippen LogP) is 4.34. The van der Waals surface area contributed by atoms with Gasteiger partial charge in [-0.15, -0.1) is 0 Å². The number of aliphatic hydroxyl groups is 2. The van der Waals surface area contributed by atoms with Gasteiger partial charge in [-0.3, -0.25) is 9.59 Å². The second kappa shape index (κ2) is 13.9. The van der Waals surface area contributed by atoms with E-state index in [-0.39, 0.29) is 29.7 Å². The molecular weight excluding hydrogens is 356 g/mol. The second-order valence-electron chi connectivity index (χ2n) is 8.37. The Morgan fingerprint density at radius 1 is 1.00 bits per heavy atom. The van der Waals surface area contributed by atoms with Crippen LogP contribution >= 0.6 is 0 Å². The van der Waals surface area contributed by atoms with Crippen LogP contribution in [0.2, 0.25) is 0 Å². The number of carbonyl (C=O) groups is 2. The van der Waals surface area contributed by atoms with Crippen molar-refractivity contribution in [3.05, 3.63) is 12.2 Å². The molecule has 1 rings (SSSR count). The number of hydrogen-bond acceptors (Lipinski definition) is 5. The van der Waals surface area contributed by atoms with Crippen molar-refractivity contribution in [3.8, 4) is 0 Å². The van der Waals surface area contributed by atoms with Crippen LogP contribution in [0.3, 0.4) is 0 Å². The molecule has 162 valence electrons. The maximum Gasteiger partial charge on any atom is 0.306 e. The molecule has 28 heavy (non-hydrogen) atoms. The molecule has 1 aliphatic rings. The Labute approximate surface area is 170 Å². The maximum absolute atomic E-state index is 12.0. The van der Waals surface area contributed by atoms with Crippen LogP contribution in [-0.2, 0) is 14.3 Å². The highest BCUT2D eigenvalue weighted by Gasteiger charge is 2.40. The summed E-state index contributed by atoms with van der Waals surface area (Å²) < 4.78 is 5.10. The summed E-state index contributed by atoms with van der Waals surface area (Å²) in [6.07, 6.45) is 10.9. The van der Waals surface area contributed by atoms with Gasteiger partial charge in [0.2, 0.25) is 0 Å². The van der Waals surface area contributed by atoms with E-state index in [4.69, 9.17) is 4.74 Å². The maximum atomic E-state index is 12.0. The number of aliphatic hydroxyl groups excluding tert-OH is 2. The van der Waals surface area contributed by atoms with Crippen LogP contribution in [0.15, 0.2) is 12.2 Å². The van der Waals surface area contributed by atoms with E-state index in [2.05, 4.69) is 6.92 Å². The Morgan fingerprint density at radius 2 is 1.71 bits per heavy atom. The van der Waals surface area contributed by atoms with Gasteiger partial charge in [-0.05, 0) is 64.2 Å². The molecule has 1 aliphatic carbocycles. The average Bonchev–Trinajstić information content (AvgIpc) is 2.88. The second-order valence-corrected chi connectivity index (χ2v) is 8.37. The average molecular weight is 397 g/mol. The molecule has 0 radical (unpaired) electrons. The lowest BCUT2D eigenvalue weighted by atomic mass is 9.86. The minimum atomic E-state index is -0.525. The van der Waals surface area contributed by atoms with E-state index in [1.165, 1.54) is 0 Å². The number of ketones is 1. The number of allylic oxidation sites excluding steroid dienone is 2. The van der Waals surface area contributed by atoms with E-state index in [9.17, 15) is 19.8 Å². The van der Waals surface area contributed by atoms with Gasteiger partial charge in [0.25, 0.3) is 0 Å². The quantitative estimate of drug-likeness (QED) is 0.259. The molecule has 0 aromatic carbocycles. The number of unbranched alkanes of at least 4 members (excludes halogenated alkanes) is 3. The minimum Gasteiger partial charge on any atom is -0.463 e. The third kappa shape index (κ3) is 9.83. The highest BCUT2D eigenvalue weighted by Crippen LogP contribution is 2.38. The zero-order chi connectivity index (χ0) is 20.9. The molecule has 0 heterocycles. The molecule has 2 N–H and O–H groups in total. The molecular formula is C23H40O5. The number of Topliss-reactive ketones (excluding diaryl/α,β-unsaturated/α-hetero) is 1. The largest absolute Gasteiger partial charge is 0.463 e. The van der Waals surface area contributed by atoms with Crippen molar-refractivity contribution in [1.29, 1.82) is 0 Å². The van der Waals surface area contributed by atoms with Crippen molar-refractivity contribution in [1.82, 2.24) is 0 Å². The highest BCUT2D eigenvalue weighted by atomic mass is 16.5. The molecule has 1 fully saturated rings. The summed E-state index contributed by atoms with van der Waals surface area (Å²) in [6, 6.07) is 0. The lowest BCUT2D eigenvalue weighted by Crippen LogP contribution is -2.22. The van der Waals surface area contributed by atoms with E-state index >= 15 is 0 Å². The summed E-state index contributed by atoms with van der Waals surface area (Å²) in [7, 11) is 0. The van der Waals surface area contributed by atoms with Gasteiger partial charge in [0, 0.05) is 19.3 Å². The van der Waals surface area contributed by atoms with Gasteiger partial charge < -0.3 is 14.9 Å². The SMILES string of the molecule is CCCCCC(=O)CC[C@@H]1[C@@H](C/C=C\CCCC(=O)OC(C)C)[C@@H](O)C[C@H]1O. The first-order chi connectivity index (χ1) is 13.3. The third-order valence-electron chi connectivity index (χ3n) is 5.53. The van der Waals surface area contributed by atoms with Gasteiger partial charge >= 0.3 is 5.97 Å². The van der Waals surface area contributed by atoms with Crippen molar-refractivity contribution in [2.24, 2.45) is 11.8 Å². The Kier molecular flexibility index (Phi) is 12.3. The molecule has 0 aromatic heterocycles. The zero-order valence-electron chi connectivity index (χ0n) is 17.9. The van der Waals surface area contributed by atoms with Crippen LogP contribution in [-0.4, -0.2) is 40.3 Å². The summed E-state index contributed by atoms with van der Waals surface area (Å²) in [5, 5.41) is 20.6. The highest BCUT2D eigenvalue weighted by molar-refractivity contribution is 5.78. The van der Waals surface area contributed by atoms with Crippen LogP contribution in [0.1, 0.15) is 91.4 Å². The normalized spacial score (nSPS) is 24.9. The van der Waals surface area contributed by atoms with Gasteiger partial charge in [-0.1, -0.05) is 31.9 Å². The summed E-state index contributed by atoms with van der Waals surface area (Å²) in [6.45, 7) is 5.80. The Hall–Kier alpha value is -1.20. The van der Waals surface area contributed by atoms with E-state index in [1.54, 1.807) is 0 Å². The first-order valence-corrected chi connectivity index (χ1v) is 11.1. The van der Waals surface area contributed by atoms with Crippen molar-refractivity contribution < 1.29 is 24.5 Å². The van der Waals surface area contributed by atoms with Crippen LogP contribution in [0, 0.1) is 11.8 Å². The van der Waals surface area contributed by atoms with Crippen molar-refractivity contribution >= 4 is 11.8 Å². The fourth-order valence-corrected chi connectivity index (χ4v) is 3.99. The topological polar surface area (TPSA) is 83.8 Å². The Balaban J connectivity index is 2.34. The predicted molar refractivity (Wildman–Crippen MR) is 111 cm³/mol. The number of rotatable bonds is 14. The van der Waals surface area contributed by atoms with Gasteiger partial charge in [-0.25, -0.2) is 0 Å². The van der Waals surface area contributed by atoms with Crippen LogP contribution in [0.25, 0.3) is 0 Å². The summed E-state index contributed by atoms with van der Waals surface area (Å²) in [5.74, 6) is 0.0856. The van der Waals surface area contributed by atoms with E-state index in [0.29, 0.717) is 38.5 Å². The molecule has 0 amide bonds. The molecule has 1 saturated carbocycles. The van der Waals surface area contributed by atoms with Gasteiger partial charge in [-0.2, -0.15) is 0 Å². The number of esters is 1. The van der Waals surface area contributed by atoms with Crippen molar-refractivity contribution in [3.63, 3.8) is 0 Å². The fraction of sp³-hybridized carbons (Fsp3) is 0.826. The number of hydrogen-bond donors (Lipinski definition) is 2. The van der Waals surface area contributed by atoms with Gasteiger partial charge in [0.15, 0.2) is 0 Å². The molecule has 0 bridgehead atoms. The fourth-order valence-electron chi connectivity index (χ4n) is 3.99. The van der Waals surface area contributed by atoms with Gasteiger partial charge in [0.05, 0.1) is 18.3 Å². The monoisotopic (exact) mass is 396 g/mol. The van der Waals surface area contributed by atoms with Crippen molar-refractivity contribution in [2.75, 3.05) is 0 Å². The van der Waals surface area contributed by atoms with Crippen LogP contribution in [0.4, 0.5) is 0 Å².